The van der Waals surface area contributed by atoms with E-state index in [0.29, 0.717) is 18.4 Å². The number of rotatable bonds is 5. The molecule has 1 aromatic carbocycles. The molecule has 2 unspecified atom stereocenters. The second-order valence-electron chi connectivity index (χ2n) is 7.35. The fourth-order valence-corrected chi connectivity index (χ4v) is 3.66. The molecule has 2 aliphatic heterocycles. The Bertz CT molecular complexity index is 890. The van der Waals surface area contributed by atoms with Crippen molar-refractivity contribution in [2.24, 2.45) is 5.10 Å². The molecule has 6 nitrogen and oxygen atoms in total. The highest BCUT2D eigenvalue weighted by molar-refractivity contribution is 5.90. The Kier molecular flexibility index (Phi) is 5.70. The van der Waals surface area contributed by atoms with E-state index >= 15 is 0 Å². The van der Waals surface area contributed by atoms with E-state index in [2.05, 4.69) is 10.5 Å². The van der Waals surface area contributed by atoms with Crippen LogP contribution in [0, 0.1) is 17.5 Å². The first-order chi connectivity index (χ1) is 14.0. The average Bonchev–Trinajstić information content (AvgIpc) is 3.02. The standard InChI is InChI=1S/C18H18F6N4O2/c1-17-9-27(4-5-28(17)16(25-26-17)18(22,23)24)15(30)3-2-10(8-29)11-6-13(20)14(21)7-12(11)19/h6-8,10,26H,2-5,9H2,1H3. The van der Waals surface area contributed by atoms with Gasteiger partial charge in [0.15, 0.2) is 11.6 Å². The van der Waals surface area contributed by atoms with Gasteiger partial charge in [-0.05, 0) is 19.4 Å². The van der Waals surface area contributed by atoms with Crippen molar-refractivity contribution in [3.8, 4) is 0 Å². The number of halogens is 6. The van der Waals surface area contributed by atoms with Crippen molar-refractivity contribution in [3.63, 3.8) is 0 Å². The lowest BCUT2D eigenvalue weighted by Gasteiger charge is -2.45. The Hall–Kier alpha value is -2.79. The van der Waals surface area contributed by atoms with Crippen LogP contribution in [0.5, 0.6) is 0 Å². The zero-order valence-corrected chi connectivity index (χ0v) is 15.8. The summed E-state index contributed by atoms with van der Waals surface area (Å²) in [4.78, 5) is 26.2. The third-order valence-electron chi connectivity index (χ3n) is 5.23. The summed E-state index contributed by atoms with van der Waals surface area (Å²) in [5.41, 5.74) is 0.807. The number of amidine groups is 1. The van der Waals surface area contributed by atoms with E-state index in [9.17, 15) is 35.9 Å². The van der Waals surface area contributed by atoms with Gasteiger partial charge in [0.1, 0.15) is 17.8 Å². The van der Waals surface area contributed by atoms with Crippen LogP contribution in [-0.2, 0) is 9.59 Å². The lowest BCUT2D eigenvalue weighted by atomic mass is 9.94. The number of nitrogens with zero attached hydrogens (tertiary/aromatic N) is 3. The molecule has 3 rings (SSSR count). The number of hydrogen-bond donors (Lipinski definition) is 1. The van der Waals surface area contributed by atoms with E-state index in [-0.39, 0.29) is 38.0 Å². The summed E-state index contributed by atoms with van der Waals surface area (Å²) in [6, 6.07) is 0.902. The number of piperazine rings is 1. The first kappa shape index (κ1) is 21.9. The highest BCUT2D eigenvalue weighted by atomic mass is 19.4. The van der Waals surface area contributed by atoms with E-state index < -0.39 is 47.0 Å². The molecule has 0 aromatic heterocycles. The number of carbonyl (C=O) groups excluding carboxylic acids is 2. The van der Waals surface area contributed by atoms with Gasteiger partial charge in [0.2, 0.25) is 11.7 Å². The number of benzene rings is 1. The number of alkyl halides is 3. The monoisotopic (exact) mass is 436 g/mol. The van der Waals surface area contributed by atoms with Gasteiger partial charge >= 0.3 is 6.18 Å². The van der Waals surface area contributed by atoms with Crippen molar-refractivity contribution in [3.05, 3.63) is 35.1 Å². The normalized spacial score (nSPS) is 22.3. The molecule has 30 heavy (non-hydrogen) atoms. The fourth-order valence-electron chi connectivity index (χ4n) is 3.66. The number of nitrogens with one attached hydrogen (secondary N) is 1. The summed E-state index contributed by atoms with van der Waals surface area (Å²) in [6.45, 7) is 1.26. The highest BCUT2D eigenvalue weighted by Crippen LogP contribution is 2.32. The Labute approximate surface area is 167 Å². The first-order valence-electron chi connectivity index (χ1n) is 9.03. The molecular weight excluding hydrogens is 418 g/mol. The van der Waals surface area contributed by atoms with Crippen molar-refractivity contribution in [1.29, 1.82) is 0 Å². The van der Waals surface area contributed by atoms with Crippen molar-refractivity contribution in [1.82, 2.24) is 15.2 Å². The molecule has 12 heteroatoms. The number of aldehydes is 1. The average molecular weight is 436 g/mol. The van der Waals surface area contributed by atoms with Crippen LogP contribution in [0.15, 0.2) is 17.2 Å². The van der Waals surface area contributed by atoms with Crippen molar-refractivity contribution >= 4 is 18.0 Å². The van der Waals surface area contributed by atoms with Crippen LogP contribution in [0.1, 0.15) is 31.2 Å². The number of hydrogen-bond acceptors (Lipinski definition) is 5. The Morgan fingerprint density at radius 3 is 2.53 bits per heavy atom. The largest absolute Gasteiger partial charge is 0.451 e. The smallest absolute Gasteiger partial charge is 0.337 e. The second kappa shape index (κ2) is 7.80. The first-order valence-corrected chi connectivity index (χ1v) is 9.03. The zero-order valence-electron chi connectivity index (χ0n) is 15.8. The molecule has 0 radical (unpaired) electrons. The van der Waals surface area contributed by atoms with Gasteiger partial charge in [0.25, 0.3) is 0 Å². The van der Waals surface area contributed by atoms with Crippen LogP contribution in [0.2, 0.25) is 0 Å². The molecule has 164 valence electrons. The van der Waals surface area contributed by atoms with Gasteiger partial charge in [-0.3, -0.25) is 10.2 Å². The molecule has 2 aliphatic rings. The van der Waals surface area contributed by atoms with E-state index in [1.165, 1.54) is 11.8 Å². The minimum atomic E-state index is -4.64. The SMILES string of the molecule is CC12CN(C(=O)CCC(C=O)c3cc(F)c(F)cc3F)CCN1C(C(F)(F)F)=NN2. The van der Waals surface area contributed by atoms with Gasteiger partial charge in [0, 0.05) is 37.1 Å². The molecule has 0 aliphatic carbocycles. The Morgan fingerprint density at radius 1 is 1.23 bits per heavy atom. The molecule has 0 bridgehead atoms. The van der Waals surface area contributed by atoms with E-state index in [1.807, 2.05) is 0 Å². The molecule has 1 saturated heterocycles. The van der Waals surface area contributed by atoms with E-state index in [1.54, 1.807) is 0 Å². The Balaban J connectivity index is 1.64. The van der Waals surface area contributed by atoms with Crippen LogP contribution in [0.25, 0.3) is 0 Å². The molecule has 1 fully saturated rings. The molecule has 0 spiro atoms. The van der Waals surface area contributed by atoms with Gasteiger partial charge in [-0.2, -0.15) is 18.3 Å². The van der Waals surface area contributed by atoms with Crippen molar-refractivity contribution in [2.75, 3.05) is 19.6 Å². The van der Waals surface area contributed by atoms with Gasteiger partial charge < -0.3 is 14.6 Å². The van der Waals surface area contributed by atoms with Gasteiger partial charge in [-0.15, -0.1) is 0 Å². The number of hydrazone groups is 1. The van der Waals surface area contributed by atoms with E-state index in [4.69, 9.17) is 0 Å². The molecule has 0 saturated carbocycles. The molecule has 2 atom stereocenters. The maximum absolute atomic E-state index is 13.9. The van der Waals surface area contributed by atoms with E-state index in [0.717, 1.165) is 4.90 Å². The zero-order chi connectivity index (χ0) is 22.3. The minimum absolute atomic E-state index is 0.00348. The second-order valence-corrected chi connectivity index (χ2v) is 7.35. The lowest BCUT2D eigenvalue weighted by Crippen LogP contribution is -2.66. The predicted molar refractivity (Wildman–Crippen MR) is 92.7 cm³/mol. The maximum Gasteiger partial charge on any atom is 0.451 e. The van der Waals surface area contributed by atoms with Crippen LogP contribution < -0.4 is 5.43 Å². The summed E-state index contributed by atoms with van der Waals surface area (Å²) < 4.78 is 79.5. The third-order valence-corrected chi connectivity index (χ3v) is 5.23. The van der Waals surface area contributed by atoms with Gasteiger partial charge in [0.05, 0.1) is 6.54 Å². The van der Waals surface area contributed by atoms with Crippen LogP contribution in [0.4, 0.5) is 26.3 Å². The van der Waals surface area contributed by atoms with Gasteiger partial charge in [-0.25, -0.2) is 13.2 Å². The summed E-state index contributed by atoms with van der Waals surface area (Å²) in [6.07, 6.45) is -4.70. The summed E-state index contributed by atoms with van der Waals surface area (Å²) in [5.74, 6) is -6.52. The maximum atomic E-state index is 13.9. The quantitative estimate of drug-likeness (QED) is 0.438. The molecule has 2 heterocycles. The predicted octanol–water partition coefficient (Wildman–Crippen LogP) is 2.51. The topological polar surface area (TPSA) is 65.0 Å². The minimum Gasteiger partial charge on any atom is -0.337 e. The van der Waals surface area contributed by atoms with Gasteiger partial charge in [-0.1, -0.05) is 0 Å². The van der Waals surface area contributed by atoms with Crippen molar-refractivity contribution in [2.45, 2.75) is 37.5 Å². The van der Waals surface area contributed by atoms with Crippen LogP contribution >= 0.6 is 0 Å². The molecule has 1 amide bonds. The van der Waals surface area contributed by atoms with Crippen molar-refractivity contribution < 1.29 is 35.9 Å². The number of carbonyl (C=O) groups is 2. The summed E-state index contributed by atoms with van der Waals surface area (Å²) in [5, 5.41) is 3.34. The molecule has 1 aromatic rings. The molecule has 1 N–H and O–H groups in total. The summed E-state index contributed by atoms with van der Waals surface area (Å²) >= 11 is 0. The number of fused-ring (bicyclic) bond motifs is 1. The Morgan fingerprint density at radius 2 is 1.90 bits per heavy atom. The third kappa shape index (κ3) is 4.08. The van der Waals surface area contributed by atoms with Crippen LogP contribution in [-0.4, -0.2) is 59.3 Å². The lowest BCUT2D eigenvalue weighted by molar-refractivity contribution is -0.136. The summed E-state index contributed by atoms with van der Waals surface area (Å²) in [7, 11) is 0. The number of amides is 1. The molecular formula is C18H18F6N4O2. The highest BCUT2D eigenvalue weighted by Gasteiger charge is 2.53. The van der Waals surface area contributed by atoms with Crippen LogP contribution in [0.3, 0.4) is 0 Å². The fraction of sp³-hybridized carbons (Fsp3) is 0.500.